The zero-order valence-corrected chi connectivity index (χ0v) is 5.69. The highest BCUT2D eigenvalue weighted by atomic mass is 19.3. The maximum Gasteiger partial charge on any atom is 0.248 e. The Hall–Kier alpha value is -0.180. The van der Waals surface area contributed by atoms with Crippen molar-refractivity contribution in [3.05, 3.63) is 0 Å². The van der Waals surface area contributed by atoms with Crippen LogP contribution in [0.4, 0.5) is 8.78 Å². The summed E-state index contributed by atoms with van der Waals surface area (Å²) in [5.41, 5.74) is 5.52. The van der Waals surface area contributed by atoms with Crippen LogP contribution in [-0.4, -0.2) is 12.0 Å². The van der Waals surface area contributed by atoms with E-state index in [-0.39, 0.29) is 24.8 Å². The Kier molecular flexibility index (Phi) is 1.11. The van der Waals surface area contributed by atoms with Gasteiger partial charge < -0.3 is 5.73 Å². The van der Waals surface area contributed by atoms with E-state index in [4.69, 9.17) is 5.73 Å². The Balaban J connectivity index is 1.81. The third-order valence-electron chi connectivity index (χ3n) is 2.62. The van der Waals surface area contributed by atoms with E-state index in [9.17, 15) is 8.78 Å². The summed E-state index contributed by atoms with van der Waals surface area (Å²) in [5.74, 6) is -1.68. The highest BCUT2D eigenvalue weighted by Crippen LogP contribution is 2.52. The first-order valence-corrected chi connectivity index (χ1v) is 3.72. The van der Waals surface area contributed by atoms with Crippen molar-refractivity contribution in [3.63, 3.8) is 0 Å². The second kappa shape index (κ2) is 1.70. The molecule has 0 aromatic rings. The number of hydrogen-bond acceptors (Lipinski definition) is 1. The minimum atomic E-state index is -2.35. The third kappa shape index (κ3) is 0.926. The Morgan fingerprint density at radius 1 is 1.30 bits per heavy atom. The molecule has 0 spiro atoms. The van der Waals surface area contributed by atoms with Crippen molar-refractivity contribution in [2.24, 2.45) is 17.6 Å². The maximum atomic E-state index is 12.3. The number of halogens is 2. The Bertz CT molecular complexity index is 150. The second-order valence-electron chi connectivity index (χ2n) is 3.59. The monoisotopic (exact) mass is 147 g/mol. The summed E-state index contributed by atoms with van der Waals surface area (Å²) in [7, 11) is 0. The number of alkyl halides is 2. The van der Waals surface area contributed by atoms with Gasteiger partial charge in [0.1, 0.15) is 0 Å². The molecule has 0 radical (unpaired) electrons. The summed E-state index contributed by atoms with van der Waals surface area (Å²) in [4.78, 5) is 0. The second-order valence-corrected chi connectivity index (χ2v) is 3.59. The minimum absolute atomic E-state index is 0.0887. The van der Waals surface area contributed by atoms with Crippen LogP contribution < -0.4 is 5.73 Å². The van der Waals surface area contributed by atoms with Gasteiger partial charge in [0.2, 0.25) is 5.92 Å². The fourth-order valence-electron chi connectivity index (χ4n) is 1.79. The van der Waals surface area contributed by atoms with Crippen molar-refractivity contribution in [3.8, 4) is 0 Å². The normalized spacial score (nSPS) is 44.7. The molecule has 0 bridgehead atoms. The van der Waals surface area contributed by atoms with Gasteiger partial charge in [0.25, 0.3) is 0 Å². The van der Waals surface area contributed by atoms with Crippen LogP contribution in [0.5, 0.6) is 0 Å². The van der Waals surface area contributed by atoms with Gasteiger partial charge in [-0.05, 0) is 18.3 Å². The van der Waals surface area contributed by atoms with E-state index in [1.807, 2.05) is 0 Å². The van der Waals surface area contributed by atoms with E-state index < -0.39 is 5.92 Å². The molecule has 0 saturated heterocycles. The average Bonchev–Trinajstić information content (AvgIpc) is 2.40. The summed E-state index contributed by atoms with van der Waals surface area (Å²) >= 11 is 0. The topological polar surface area (TPSA) is 26.0 Å². The summed E-state index contributed by atoms with van der Waals surface area (Å²) in [6, 6.07) is 0.237. The van der Waals surface area contributed by atoms with Crippen LogP contribution in [0.1, 0.15) is 19.3 Å². The van der Waals surface area contributed by atoms with Crippen LogP contribution in [0.25, 0.3) is 0 Å². The molecule has 2 aliphatic rings. The van der Waals surface area contributed by atoms with Crippen LogP contribution in [-0.2, 0) is 0 Å². The largest absolute Gasteiger partial charge is 0.327 e. The molecule has 2 fully saturated rings. The molecule has 3 heteroatoms. The lowest BCUT2D eigenvalue weighted by atomic mass is 9.78. The van der Waals surface area contributed by atoms with Crippen LogP contribution in [0.2, 0.25) is 0 Å². The first-order chi connectivity index (χ1) is 4.58. The molecule has 0 aromatic carbocycles. The highest BCUT2D eigenvalue weighted by Gasteiger charge is 2.54. The molecule has 2 atom stereocenters. The molecular formula is C7H11F2N. The first-order valence-electron chi connectivity index (χ1n) is 3.72. The average molecular weight is 147 g/mol. The third-order valence-corrected chi connectivity index (χ3v) is 2.62. The van der Waals surface area contributed by atoms with Crippen molar-refractivity contribution in [2.45, 2.75) is 31.2 Å². The lowest BCUT2D eigenvalue weighted by Crippen LogP contribution is -2.37. The molecule has 2 rings (SSSR count). The SMILES string of the molecule is NC1CC1C1CC(F)(F)C1. The smallest absolute Gasteiger partial charge is 0.248 e. The molecule has 2 N–H and O–H groups in total. The van der Waals surface area contributed by atoms with Gasteiger partial charge in [0.05, 0.1) is 0 Å². The molecular weight excluding hydrogens is 136 g/mol. The predicted molar refractivity (Wildman–Crippen MR) is 33.8 cm³/mol. The number of rotatable bonds is 1. The van der Waals surface area contributed by atoms with Crippen molar-refractivity contribution in [1.29, 1.82) is 0 Å². The van der Waals surface area contributed by atoms with E-state index in [0.717, 1.165) is 6.42 Å². The maximum absolute atomic E-state index is 12.3. The van der Waals surface area contributed by atoms with Gasteiger partial charge in [-0.3, -0.25) is 0 Å². The van der Waals surface area contributed by atoms with Crippen molar-refractivity contribution in [2.75, 3.05) is 0 Å². The lowest BCUT2D eigenvalue weighted by molar-refractivity contribution is -0.116. The molecule has 0 heterocycles. The van der Waals surface area contributed by atoms with E-state index in [1.54, 1.807) is 0 Å². The van der Waals surface area contributed by atoms with Crippen molar-refractivity contribution >= 4 is 0 Å². The molecule has 0 aliphatic heterocycles. The van der Waals surface area contributed by atoms with Gasteiger partial charge in [-0.25, -0.2) is 8.78 Å². The molecule has 10 heavy (non-hydrogen) atoms. The zero-order chi connectivity index (χ0) is 7.35. The summed E-state index contributed by atoms with van der Waals surface area (Å²) in [5, 5.41) is 0. The Morgan fingerprint density at radius 2 is 1.80 bits per heavy atom. The van der Waals surface area contributed by atoms with Crippen LogP contribution >= 0.6 is 0 Å². The highest BCUT2D eigenvalue weighted by molar-refractivity contribution is 5.02. The van der Waals surface area contributed by atoms with E-state index in [2.05, 4.69) is 0 Å². The van der Waals surface area contributed by atoms with Crippen LogP contribution in [0.3, 0.4) is 0 Å². The Morgan fingerprint density at radius 3 is 2.10 bits per heavy atom. The van der Waals surface area contributed by atoms with Gasteiger partial charge in [0, 0.05) is 18.9 Å². The van der Waals surface area contributed by atoms with Gasteiger partial charge in [-0.1, -0.05) is 0 Å². The molecule has 0 amide bonds. The number of nitrogens with two attached hydrogens (primary N) is 1. The van der Waals surface area contributed by atoms with Crippen LogP contribution in [0, 0.1) is 11.8 Å². The number of hydrogen-bond donors (Lipinski definition) is 1. The van der Waals surface area contributed by atoms with Gasteiger partial charge in [-0.15, -0.1) is 0 Å². The fraction of sp³-hybridized carbons (Fsp3) is 1.00. The van der Waals surface area contributed by atoms with E-state index in [1.165, 1.54) is 0 Å². The summed E-state index contributed by atoms with van der Waals surface area (Å²) in [6.07, 6.45) is 1.15. The van der Waals surface area contributed by atoms with Gasteiger partial charge in [0.15, 0.2) is 0 Å². The molecule has 1 nitrogen and oxygen atoms in total. The van der Waals surface area contributed by atoms with Crippen molar-refractivity contribution < 1.29 is 8.78 Å². The molecule has 58 valence electrons. The van der Waals surface area contributed by atoms with Gasteiger partial charge in [-0.2, -0.15) is 0 Å². The zero-order valence-electron chi connectivity index (χ0n) is 5.69. The molecule has 2 aliphatic carbocycles. The van der Waals surface area contributed by atoms with Gasteiger partial charge >= 0.3 is 0 Å². The first kappa shape index (κ1) is 6.53. The van der Waals surface area contributed by atoms with Crippen LogP contribution in [0.15, 0.2) is 0 Å². The predicted octanol–water partition coefficient (Wildman–Crippen LogP) is 1.38. The molecule has 0 aromatic heterocycles. The van der Waals surface area contributed by atoms with Crippen molar-refractivity contribution in [1.82, 2.24) is 0 Å². The quantitative estimate of drug-likeness (QED) is 0.595. The minimum Gasteiger partial charge on any atom is -0.327 e. The summed E-state index contributed by atoms with van der Waals surface area (Å²) < 4.78 is 24.5. The molecule has 2 saturated carbocycles. The Labute approximate surface area is 58.6 Å². The summed E-state index contributed by atoms with van der Waals surface area (Å²) in [6.45, 7) is 0. The van der Waals surface area contributed by atoms with E-state index >= 15 is 0 Å². The van der Waals surface area contributed by atoms with E-state index in [0.29, 0.717) is 5.92 Å². The lowest BCUT2D eigenvalue weighted by Gasteiger charge is -2.35. The standard InChI is InChI=1S/C7H11F2N/c8-7(9)2-4(3-7)5-1-6(5)10/h4-6H,1-3,10H2. The molecule has 2 unspecified atom stereocenters. The fourth-order valence-corrected chi connectivity index (χ4v) is 1.79.